The third-order valence-electron chi connectivity index (χ3n) is 22.2. The number of rotatable bonds is 31. The number of hydrogen-bond acceptors (Lipinski definition) is 14. The molecule has 2 unspecified atom stereocenters. The maximum atomic E-state index is 16.8. The van der Waals surface area contributed by atoms with E-state index in [-0.39, 0.29) is 191 Å². The van der Waals surface area contributed by atoms with Gasteiger partial charge in [-0.05, 0) is 168 Å². The highest BCUT2D eigenvalue weighted by molar-refractivity contribution is 6.45. The second-order valence-electron chi connectivity index (χ2n) is 36.6. The van der Waals surface area contributed by atoms with Crippen LogP contribution in [0.25, 0.3) is 43.1 Å². The number of carbonyl (C=O) groups excluding carboxylic acids is 10. The molecule has 0 saturated carbocycles. The first-order chi connectivity index (χ1) is 56.2. The molecule has 11 rings (SSSR count). The third-order valence-corrected chi connectivity index (χ3v) is 22.2. The number of nitrogens with zero attached hydrogens (tertiary/aromatic N) is 4. The molecule has 0 aromatic heterocycles. The fraction of sp³-hybridized carbons (Fsp3) is 0.374. The number of ether oxygens (including phenoxy) is 4. The van der Waals surface area contributed by atoms with Gasteiger partial charge >= 0.3 is 0 Å². The minimum Gasteiger partial charge on any atom is -0.457 e. The summed E-state index contributed by atoms with van der Waals surface area (Å²) in [7, 11) is 0. The van der Waals surface area contributed by atoms with Crippen molar-refractivity contribution in [3.05, 3.63) is 214 Å². The van der Waals surface area contributed by atoms with Gasteiger partial charge in [-0.2, -0.15) is 0 Å². The van der Waals surface area contributed by atoms with Crippen LogP contribution in [0.1, 0.15) is 215 Å². The average molecular weight is 1630 g/mol. The number of nitrogens with one attached hydrogen (secondary N) is 3. The molecule has 0 bridgehead atoms. The van der Waals surface area contributed by atoms with Crippen molar-refractivity contribution in [1.82, 2.24) is 35.6 Å². The molecule has 0 radical (unpaired) electrons. The van der Waals surface area contributed by atoms with Crippen LogP contribution >= 0.6 is 0 Å². The largest absolute Gasteiger partial charge is 0.457 e. The lowest BCUT2D eigenvalue weighted by Gasteiger charge is -2.39. The van der Waals surface area contributed by atoms with E-state index in [1.165, 1.54) is 9.80 Å². The highest BCUT2D eigenvalue weighted by atomic mass is 16.5. The Balaban J connectivity index is 1.30. The molecule has 21 nitrogen and oxygen atoms in total. The van der Waals surface area contributed by atoms with Crippen molar-refractivity contribution in [3.63, 3.8) is 0 Å². The monoisotopic (exact) mass is 1620 g/mol. The predicted octanol–water partition coefficient (Wildman–Crippen LogP) is 19.0. The molecule has 120 heavy (non-hydrogen) atoms. The second kappa shape index (κ2) is 34.6. The number of amides is 9. The van der Waals surface area contributed by atoms with Gasteiger partial charge in [-0.15, -0.1) is 0 Å². The van der Waals surface area contributed by atoms with Gasteiger partial charge in [0.2, 0.25) is 29.5 Å². The zero-order valence-electron chi connectivity index (χ0n) is 73.1. The SMILES string of the molecule is C=C(C)C(=O)CCCN(CCNC(=O)C(=C)C)C(=O)C(C(C)C)N1C(=O)c2cc(Oc3ccc(C(C)(C)C)cc3)c3c4c(Oc5ccc(C(C)(C)C)cc5)cc5c6c(cc(Oc7ccc(C(C)(C)C)cc7)c(c7c(Oc8ccc(C(C)(C)C)cc8)cc(c2c37)C1=O)c64)C(=O)N(C(C(=O)N(CCNC(=O)C(=C)C)CCNC(=O)C(=C)C)C(C)C)C5=O. The van der Waals surface area contributed by atoms with Gasteiger partial charge in [0.15, 0.2) is 5.78 Å². The highest BCUT2D eigenvalue weighted by Crippen LogP contribution is 2.59. The van der Waals surface area contributed by atoms with E-state index in [2.05, 4.69) is 125 Å². The molecule has 9 aromatic carbocycles. The number of allylic oxidation sites excluding steroid dienone is 1. The molecule has 3 N–H and O–H groups in total. The van der Waals surface area contributed by atoms with Gasteiger partial charge in [-0.3, -0.25) is 57.7 Å². The van der Waals surface area contributed by atoms with Gasteiger partial charge < -0.3 is 44.7 Å². The van der Waals surface area contributed by atoms with Crippen LogP contribution < -0.4 is 34.9 Å². The summed E-state index contributed by atoms with van der Waals surface area (Å²) in [6, 6.07) is 33.1. The van der Waals surface area contributed by atoms with Crippen molar-refractivity contribution in [1.29, 1.82) is 0 Å². The first-order valence-corrected chi connectivity index (χ1v) is 41.0. The highest BCUT2D eigenvalue weighted by Gasteiger charge is 2.49. The number of Topliss-reactive ketones (excluding diaryl/α,β-unsaturated/α-hetero) is 1. The van der Waals surface area contributed by atoms with Crippen molar-refractivity contribution in [3.8, 4) is 46.0 Å². The van der Waals surface area contributed by atoms with Crippen LogP contribution in [0, 0.1) is 11.8 Å². The van der Waals surface area contributed by atoms with E-state index < -0.39 is 77.1 Å². The van der Waals surface area contributed by atoms with Crippen molar-refractivity contribution in [2.45, 2.75) is 185 Å². The number of benzene rings is 9. The Hall–Kier alpha value is -12.3. The van der Waals surface area contributed by atoms with E-state index in [1.54, 1.807) is 79.7 Å². The lowest BCUT2D eigenvalue weighted by atomic mass is 9.80. The molecule has 0 spiro atoms. The quantitative estimate of drug-likeness (QED) is 0.0158. The lowest BCUT2D eigenvalue weighted by Crippen LogP contribution is -2.58. The molecular weight excluding hydrogens is 1510 g/mol. The van der Waals surface area contributed by atoms with Crippen LogP contribution in [-0.4, -0.2) is 136 Å². The van der Waals surface area contributed by atoms with E-state index >= 15 is 28.8 Å². The normalized spacial score (nSPS) is 13.6. The Morgan fingerprint density at radius 3 is 0.792 bits per heavy atom. The summed E-state index contributed by atoms with van der Waals surface area (Å²) in [4.78, 5) is 156. The summed E-state index contributed by atoms with van der Waals surface area (Å²) in [6.07, 6.45) is 0.211. The van der Waals surface area contributed by atoms with E-state index in [4.69, 9.17) is 18.9 Å². The lowest BCUT2D eigenvalue weighted by molar-refractivity contribution is -0.137. The van der Waals surface area contributed by atoms with E-state index in [0.29, 0.717) is 28.6 Å². The summed E-state index contributed by atoms with van der Waals surface area (Å²) in [5.41, 5.74) is 3.33. The van der Waals surface area contributed by atoms with Crippen LogP contribution in [0.4, 0.5) is 0 Å². The summed E-state index contributed by atoms with van der Waals surface area (Å²) < 4.78 is 29.6. The Kier molecular flexibility index (Phi) is 25.5. The van der Waals surface area contributed by atoms with Gasteiger partial charge in [-0.1, -0.05) is 186 Å². The second-order valence-corrected chi connectivity index (χ2v) is 36.6. The fourth-order valence-corrected chi connectivity index (χ4v) is 15.4. The number of fused-ring (bicyclic) bond motifs is 2. The molecule has 0 fully saturated rings. The predicted molar refractivity (Wildman–Crippen MR) is 472 cm³/mol. The average Bonchev–Trinajstić information content (AvgIpc) is 0.669. The Morgan fingerprint density at radius 1 is 0.350 bits per heavy atom. The van der Waals surface area contributed by atoms with Gasteiger partial charge in [-0.25, -0.2) is 0 Å². The van der Waals surface area contributed by atoms with E-state index in [1.807, 2.05) is 97.1 Å². The van der Waals surface area contributed by atoms with Crippen LogP contribution in [0.3, 0.4) is 0 Å². The molecule has 2 atom stereocenters. The minimum atomic E-state index is -1.54. The number of carbonyl (C=O) groups is 10. The van der Waals surface area contributed by atoms with Crippen molar-refractivity contribution < 1.29 is 66.9 Å². The van der Waals surface area contributed by atoms with Crippen LogP contribution in [0.5, 0.6) is 46.0 Å². The first kappa shape index (κ1) is 88.5. The first-order valence-electron chi connectivity index (χ1n) is 41.0. The minimum absolute atomic E-state index is 0.0110. The fourth-order valence-electron chi connectivity index (χ4n) is 15.4. The Morgan fingerprint density at radius 2 is 0.583 bits per heavy atom. The molecule has 21 heteroatoms. The maximum absolute atomic E-state index is 16.8. The summed E-state index contributed by atoms with van der Waals surface area (Å²) >= 11 is 0. The van der Waals surface area contributed by atoms with Crippen molar-refractivity contribution >= 4 is 102 Å². The van der Waals surface area contributed by atoms with Crippen molar-refractivity contribution in [2.24, 2.45) is 11.8 Å². The summed E-state index contributed by atoms with van der Waals surface area (Å²) in [6.45, 7) is 52.8. The topological polar surface area (TPSA) is 257 Å². The molecule has 2 heterocycles. The Labute approximate surface area is 703 Å². The standard InChI is InChI=1S/C99H113N7O14/c1-54(2)72(107)26-25-46-103(47-43-100-87(108)57(7)8)94(115)85(55(3)4)105-90(111)68-50-73(117-64-35-27-60(28-36-64)96(13,14)15)79-81-75(119-66-39-31-62(32-40-66)98(19,20)21)52-70-78-71(93(114)106(92(70)113)86(56(5)6)95(116)104(48-44-101-88(109)58(9)10)49-45-102-89(110)59(11)12)53-76(120-67-41-33-63(34-42-67)99(22,23)24)82(84(78)81)80-74(51-69(91(105)112)77(68)83(79)80)118-65-37-29-61(30-38-65)97(16,17)18/h27-42,50-53,55-56,85-86H,1,7,9,11,25-26,43-49H2,2-6,8,10,12-24H3,(H,100,108)(H,101,109)(H,102,110). The van der Waals surface area contributed by atoms with Gasteiger partial charge in [0.25, 0.3) is 23.6 Å². The smallest absolute Gasteiger partial charge is 0.262 e. The van der Waals surface area contributed by atoms with Crippen LogP contribution in [-0.2, 0) is 50.4 Å². The number of ketones is 1. The maximum Gasteiger partial charge on any atom is 0.262 e. The number of hydrogen-bond donors (Lipinski definition) is 3. The van der Waals surface area contributed by atoms with E-state index in [9.17, 15) is 19.2 Å². The van der Waals surface area contributed by atoms with Crippen LogP contribution in [0.15, 0.2) is 170 Å². The molecule has 2 aliphatic rings. The molecular formula is C99H113N7O14. The molecule has 0 saturated heterocycles. The van der Waals surface area contributed by atoms with Gasteiger partial charge in [0.1, 0.15) is 58.1 Å². The van der Waals surface area contributed by atoms with Crippen molar-refractivity contribution in [2.75, 3.05) is 45.8 Å². The molecule has 0 aliphatic carbocycles. The molecule has 9 aromatic rings. The summed E-state index contributed by atoms with van der Waals surface area (Å²) in [5, 5.41) is 9.94. The molecule has 9 amide bonds. The van der Waals surface area contributed by atoms with E-state index in [0.717, 1.165) is 32.1 Å². The van der Waals surface area contributed by atoms with Crippen LogP contribution in [0.2, 0.25) is 0 Å². The summed E-state index contributed by atoms with van der Waals surface area (Å²) in [5.74, 6) is -6.69. The molecule has 2 aliphatic heterocycles. The van der Waals surface area contributed by atoms with Gasteiger partial charge in [0, 0.05) is 112 Å². The third kappa shape index (κ3) is 18.3. The van der Waals surface area contributed by atoms with Gasteiger partial charge in [0.05, 0.1) is 22.3 Å². The molecule has 628 valence electrons. The Bertz CT molecular complexity index is 5010. The number of imide groups is 2. The zero-order valence-corrected chi connectivity index (χ0v) is 73.1. The zero-order chi connectivity index (χ0) is 88.0.